The third-order valence-corrected chi connectivity index (χ3v) is 5.75. The number of alkyl halides is 1. The quantitative estimate of drug-likeness (QED) is 0.110. The van der Waals surface area contributed by atoms with Crippen LogP contribution in [0.3, 0.4) is 0 Å². The summed E-state index contributed by atoms with van der Waals surface area (Å²) in [7, 11) is 2.52. The lowest BCUT2D eigenvalue weighted by Gasteiger charge is -2.35. The topological polar surface area (TPSA) is 0 Å². The molecule has 0 heterocycles. The minimum absolute atomic E-state index is 0. The molecule has 0 aromatic carbocycles. The van der Waals surface area contributed by atoms with E-state index in [-0.39, 0.29) is 24.0 Å². The van der Waals surface area contributed by atoms with Crippen LogP contribution in [0.1, 0.15) is 104 Å². The van der Waals surface area contributed by atoms with Crippen molar-refractivity contribution in [3.8, 4) is 0 Å². The second-order valence-electron chi connectivity index (χ2n) is 7.72. The molecule has 0 aliphatic carbocycles. The third kappa shape index (κ3) is 18.0. The molecule has 3 heteroatoms. The van der Waals surface area contributed by atoms with Gasteiger partial charge in [0.15, 0.2) is 0 Å². The van der Waals surface area contributed by atoms with Crippen molar-refractivity contribution in [3.05, 3.63) is 0 Å². The molecule has 0 aliphatic rings. The minimum Gasteiger partial charge on any atom is -1.00 e. The van der Waals surface area contributed by atoms with E-state index in [4.69, 9.17) is 0 Å². The summed E-state index contributed by atoms with van der Waals surface area (Å²) in [5.41, 5.74) is 0. The zero-order chi connectivity index (χ0) is 17.2. The van der Waals surface area contributed by atoms with Crippen LogP contribution < -0.4 is 24.0 Å². The Kier molecular flexibility index (Phi) is 23.4. The number of quaternary nitrogens is 1. The van der Waals surface area contributed by atoms with Gasteiger partial charge in [-0.1, -0.05) is 81.1 Å². The number of hydrogen-bond donors (Lipinski definition) is 0. The summed E-state index contributed by atoms with van der Waals surface area (Å²) in [5.74, 6) is 0. The third-order valence-electron chi connectivity index (χ3n) is 5.18. The molecule has 0 spiro atoms. The molecule has 0 aromatic heterocycles. The van der Waals surface area contributed by atoms with E-state index in [9.17, 15) is 0 Å². The number of nitrogens with zero attached hydrogens (tertiary/aromatic N) is 1. The van der Waals surface area contributed by atoms with Gasteiger partial charge in [-0.05, 0) is 38.5 Å². The SMILES string of the molecule is CCCCCCCC[N+](C)(CCCCBr)CCCCCCCC.[I-]. The number of unbranched alkanes of at least 4 members (excludes halogenated alkanes) is 11. The van der Waals surface area contributed by atoms with Gasteiger partial charge in [0, 0.05) is 5.33 Å². The van der Waals surface area contributed by atoms with Gasteiger partial charge < -0.3 is 28.5 Å². The molecule has 0 fully saturated rings. The Morgan fingerprint density at radius 3 is 1.25 bits per heavy atom. The predicted octanol–water partition coefficient (Wildman–Crippen LogP) is 4.33. The molecule has 0 aromatic rings. The Labute approximate surface area is 179 Å². The van der Waals surface area contributed by atoms with Crippen molar-refractivity contribution >= 4 is 15.9 Å². The fraction of sp³-hybridized carbons (Fsp3) is 1.00. The van der Waals surface area contributed by atoms with E-state index in [0.717, 1.165) is 0 Å². The number of rotatable bonds is 18. The van der Waals surface area contributed by atoms with Crippen LogP contribution in [0.2, 0.25) is 0 Å². The molecule has 0 amide bonds. The highest BCUT2D eigenvalue weighted by atomic mass is 127. The smallest absolute Gasteiger partial charge is 0.0784 e. The van der Waals surface area contributed by atoms with Crippen LogP contribution in [-0.4, -0.2) is 36.5 Å². The second-order valence-corrected chi connectivity index (χ2v) is 8.51. The largest absolute Gasteiger partial charge is 1.00 e. The van der Waals surface area contributed by atoms with Crippen molar-refractivity contribution in [2.24, 2.45) is 0 Å². The normalized spacial score (nSPS) is 11.5. The first-order valence-corrected chi connectivity index (χ1v) is 11.7. The standard InChI is InChI=1S/C21H45BrN.HI/c1-4-6-8-10-12-15-19-23(3,21-17-14-18-22)20-16-13-11-9-7-5-2;/h4-21H2,1-3H3;1H/q+1;/p-1. The van der Waals surface area contributed by atoms with Crippen LogP contribution in [0.25, 0.3) is 0 Å². The summed E-state index contributed by atoms with van der Waals surface area (Å²) < 4.78 is 1.33. The summed E-state index contributed by atoms with van der Waals surface area (Å²) in [6.45, 7) is 8.80. The van der Waals surface area contributed by atoms with Crippen molar-refractivity contribution < 1.29 is 28.5 Å². The minimum atomic E-state index is 0. The van der Waals surface area contributed by atoms with Gasteiger partial charge in [-0.2, -0.15) is 0 Å². The predicted molar refractivity (Wildman–Crippen MR) is 111 cm³/mol. The highest BCUT2D eigenvalue weighted by molar-refractivity contribution is 9.09. The van der Waals surface area contributed by atoms with Gasteiger partial charge in [-0.15, -0.1) is 0 Å². The molecule has 0 N–H and O–H groups in total. The summed E-state index contributed by atoms with van der Waals surface area (Å²) in [4.78, 5) is 0. The summed E-state index contributed by atoms with van der Waals surface area (Å²) in [6, 6.07) is 0. The van der Waals surface area contributed by atoms with Crippen LogP contribution in [0.15, 0.2) is 0 Å². The van der Waals surface area contributed by atoms with Crippen LogP contribution in [0.5, 0.6) is 0 Å². The second kappa shape index (κ2) is 20.5. The lowest BCUT2D eigenvalue weighted by Crippen LogP contribution is -3.00. The Balaban J connectivity index is 0. The van der Waals surface area contributed by atoms with Gasteiger partial charge in [0.25, 0.3) is 0 Å². The molecule has 1 nitrogen and oxygen atoms in total. The van der Waals surface area contributed by atoms with E-state index in [0.29, 0.717) is 0 Å². The fourth-order valence-electron chi connectivity index (χ4n) is 3.47. The van der Waals surface area contributed by atoms with Gasteiger partial charge in [0.1, 0.15) is 0 Å². The molecular formula is C21H45BrIN. The number of halogens is 2. The molecule has 0 bridgehead atoms. The van der Waals surface area contributed by atoms with Crippen molar-refractivity contribution in [2.45, 2.75) is 104 Å². The van der Waals surface area contributed by atoms with Crippen molar-refractivity contribution in [1.82, 2.24) is 0 Å². The maximum absolute atomic E-state index is 3.59. The van der Waals surface area contributed by atoms with E-state index < -0.39 is 0 Å². The summed E-state index contributed by atoms with van der Waals surface area (Å²) in [5, 5.41) is 1.17. The molecule has 148 valence electrons. The fourth-order valence-corrected chi connectivity index (χ4v) is 3.87. The zero-order valence-corrected chi connectivity index (χ0v) is 20.7. The molecule has 0 radical (unpaired) electrons. The maximum Gasteiger partial charge on any atom is 0.0784 e. The van der Waals surface area contributed by atoms with Gasteiger partial charge in [-0.3, -0.25) is 0 Å². The van der Waals surface area contributed by atoms with Gasteiger partial charge in [-0.25, -0.2) is 0 Å². The van der Waals surface area contributed by atoms with Crippen LogP contribution >= 0.6 is 15.9 Å². The van der Waals surface area contributed by atoms with Crippen molar-refractivity contribution in [1.29, 1.82) is 0 Å². The van der Waals surface area contributed by atoms with Crippen LogP contribution in [0.4, 0.5) is 0 Å². The molecule has 24 heavy (non-hydrogen) atoms. The lowest BCUT2D eigenvalue weighted by molar-refractivity contribution is -0.910. The summed E-state index contributed by atoms with van der Waals surface area (Å²) >= 11 is 3.59. The lowest BCUT2D eigenvalue weighted by atomic mass is 10.1. The number of hydrogen-bond acceptors (Lipinski definition) is 0. The Morgan fingerprint density at radius 1 is 0.542 bits per heavy atom. The van der Waals surface area contributed by atoms with Gasteiger partial charge in [0.2, 0.25) is 0 Å². The Hall–Kier alpha value is 1.17. The monoisotopic (exact) mass is 517 g/mol. The molecule has 0 saturated heterocycles. The zero-order valence-electron chi connectivity index (χ0n) is 16.9. The van der Waals surface area contributed by atoms with Crippen LogP contribution in [0, 0.1) is 0 Å². The molecule has 0 unspecified atom stereocenters. The van der Waals surface area contributed by atoms with E-state index in [2.05, 4.69) is 36.8 Å². The molecule has 0 aliphatic heterocycles. The maximum atomic E-state index is 3.59. The first kappa shape index (κ1) is 27.4. The Morgan fingerprint density at radius 2 is 0.875 bits per heavy atom. The van der Waals surface area contributed by atoms with E-state index in [1.165, 1.54) is 119 Å². The van der Waals surface area contributed by atoms with Crippen molar-refractivity contribution in [3.63, 3.8) is 0 Å². The van der Waals surface area contributed by atoms with Crippen LogP contribution in [-0.2, 0) is 0 Å². The van der Waals surface area contributed by atoms with E-state index in [1.54, 1.807) is 0 Å². The Bertz CT molecular complexity index is 220. The van der Waals surface area contributed by atoms with Gasteiger partial charge in [0.05, 0.1) is 26.7 Å². The van der Waals surface area contributed by atoms with Gasteiger partial charge >= 0.3 is 0 Å². The molecule has 0 saturated carbocycles. The molecular weight excluding hydrogens is 473 g/mol. The van der Waals surface area contributed by atoms with E-state index in [1.807, 2.05) is 0 Å². The van der Waals surface area contributed by atoms with Crippen molar-refractivity contribution in [2.75, 3.05) is 32.0 Å². The average molecular weight is 518 g/mol. The molecule has 0 rings (SSSR count). The average Bonchev–Trinajstić information content (AvgIpc) is 2.54. The highest BCUT2D eigenvalue weighted by Gasteiger charge is 2.19. The first-order valence-electron chi connectivity index (χ1n) is 10.6. The highest BCUT2D eigenvalue weighted by Crippen LogP contribution is 2.15. The molecule has 0 atom stereocenters. The first-order chi connectivity index (χ1) is 11.2. The summed E-state index contributed by atoms with van der Waals surface area (Å²) in [6.07, 6.45) is 19.8. The van der Waals surface area contributed by atoms with E-state index >= 15 is 0 Å².